The summed E-state index contributed by atoms with van der Waals surface area (Å²) in [6, 6.07) is 4.45. The summed E-state index contributed by atoms with van der Waals surface area (Å²) in [5, 5.41) is 0. The van der Waals surface area contributed by atoms with Crippen LogP contribution in [0.15, 0.2) is 30.9 Å². The molecule has 1 nitrogen and oxygen atoms in total. The highest BCUT2D eigenvalue weighted by Gasteiger charge is 2.53. The summed E-state index contributed by atoms with van der Waals surface area (Å²) >= 11 is 0. The molecule has 0 heterocycles. The van der Waals surface area contributed by atoms with Gasteiger partial charge in [0.1, 0.15) is 0 Å². The fraction of sp³-hybridized carbons (Fsp3) is 0.643. The molecule has 2 atom stereocenters. The van der Waals surface area contributed by atoms with Gasteiger partial charge in [-0.3, -0.25) is 0 Å². The van der Waals surface area contributed by atoms with E-state index in [4.69, 9.17) is 5.73 Å². The van der Waals surface area contributed by atoms with Crippen molar-refractivity contribution in [2.24, 2.45) is 23.0 Å². The SMILES string of the molecule is C=C1CCC(C)(C(C)C)C(CCCCC2CC2)(c2c(C)ccc(C(=C)N)c2C)C1. The molecule has 2 aliphatic rings. The van der Waals surface area contributed by atoms with Crippen molar-refractivity contribution in [3.05, 3.63) is 53.1 Å². The molecule has 0 radical (unpaired) electrons. The zero-order valence-corrected chi connectivity index (χ0v) is 19.7. The van der Waals surface area contributed by atoms with E-state index in [1.54, 1.807) is 5.56 Å². The maximum Gasteiger partial charge on any atom is 0.0317 e. The summed E-state index contributed by atoms with van der Waals surface area (Å²) in [5.41, 5.74) is 14.2. The fourth-order valence-electron chi connectivity index (χ4n) is 6.30. The topological polar surface area (TPSA) is 26.0 Å². The molecule has 2 aliphatic carbocycles. The van der Waals surface area contributed by atoms with Gasteiger partial charge in [0.25, 0.3) is 0 Å². The standard InChI is InChI=1S/C28H43N/c1-19(2)27(7)17-15-20(3)18-28(27,16-9-8-10-24-12-13-24)26-21(4)11-14-25(22(26)5)23(6)29/h11,14,19,24H,3,6,8-10,12-13,15-18,29H2,1-2,4-5,7H3. The van der Waals surface area contributed by atoms with Crippen molar-refractivity contribution in [3.8, 4) is 0 Å². The number of benzene rings is 1. The molecule has 0 aliphatic heterocycles. The molecule has 1 aromatic rings. The van der Waals surface area contributed by atoms with Crippen LogP contribution in [-0.2, 0) is 5.41 Å². The Hall–Kier alpha value is -1.50. The zero-order chi connectivity index (χ0) is 21.4. The molecule has 1 aromatic carbocycles. The van der Waals surface area contributed by atoms with Crippen molar-refractivity contribution in [2.45, 2.75) is 97.8 Å². The van der Waals surface area contributed by atoms with Gasteiger partial charge >= 0.3 is 0 Å². The van der Waals surface area contributed by atoms with Crippen LogP contribution in [0.5, 0.6) is 0 Å². The van der Waals surface area contributed by atoms with Gasteiger partial charge < -0.3 is 5.73 Å². The average Bonchev–Trinajstić information content (AvgIpc) is 3.46. The molecule has 2 unspecified atom stereocenters. The Morgan fingerprint density at radius 2 is 1.90 bits per heavy atom. The smallest absolute Gasteiger partial charge is 0.0317 e. The van der Waals surface area contributed by atoms with Gasteiger partial charge in [-0.15, -0.1) is 0 Å². The summed E-state index contributed by atoms with van der Waals surface area (Å²) in [7, 11) is 0. The molecule has 160 valence electrons. The minimum Gasteiger partial charge on any atom is -0.399 e. The monoisotopic (exact) mass is 393 g/mol. The summed E-state index contributed by atoms with van der Waals surface area (Å²) in [6.07, 6.45) is 11.8. The second-order valence-corrected chi connectivity index (χ2v) is 10.7. The summed E-state index contributed by atoms with van der Waals surface area (Å²) in [4.78, 5) is 0. The highest BCUT2D eigenvalue weighted by Crippen LogP contribution is 2.61. The third kappa shape index (κ3) is 4.07. The number of nitrogens with two attached hydrogens (primary N) is 1. The number of hydrogen-bond donors (Lipinski definition) is 1. The Balaban J connectivity index is 2.12. The molecule has 2 N–H and O–H groups in total. The van der Waals surface area contributed by atoms with Crippen molar-refractivity contribution in [1.82, 2.24) is 0 Å². The summed E-state index contributed by atoms with van der Waals surface area (Å²) in [5.74, 6) is 1.65. The van der Waals surface area contributed by atoms with Crippen molar-refractivity contribution in [2.75, 3.05) is 0 Å². The van der Waals surface area contributed by atoms with E-state index < -0.39 is 0 Å². The van der Waals surface area contributed by atoms with Gasteiger partial charge in [-0.25, -0.2) is 0 Å². The normalized spacial score (nSPS) is 27.4. The third-order valence-corrected chi connectivity index (χ3v) is 8.58. The van der Waals surface area contributed by atoms with E-state index >= 15 is 0 Å². The Kier molecular flexibility index (Phi) is 6.37. The van der Waals surface area contributed by atoms with E-state index in [0.717, 1.165) is 17.9 Å². The lowest BCUT2D eigenvalue weighted by Gasteiger charge is -2.57. The molecule has 2 saturated carbocycles. The Bertz CT molecular complexity index is 782. The van der Waals surface area contributed by atoms with Crippen LogP contribution in [0.2, 0.25) is 0 Å². The van der Waals surface area contributed by atoms with Crippen LogP contribution in [0.25, 0.3) is 5.70 Å². The van der Waals surface area contributed by atoms with Gasteiger partial charge in [0.05, 0.1) is 0 Å². The number of hydrogen-bond acceptors (Lipinski definition) is 1. The first-order valence-electron chi connectivity index (χ1n) is 11.8. The summed E-state index contributed by atoms with van der Waals surface area (Å²) in [6.45, 7) is 20.6. The fourth-order valence-corrected chi connectivity index (χ4v) is 6.30. The zero-order valence-electron chi connectivity index (χ0n) is 19.7. The Labute approximate surface area is 179 Å². The quantitative estimate of drug-likeness (QED) is 0.353. The first-order valence-corrected chi connectivity index (χ1v) is 11.8. The highest BCUT2D eigenvalue weighted by molar-refractivity contribution is 5.66. The first-order chi connectivity index (χ1) is 13.6. The van der Waals surface area contributed by atoms with Crippen molar-refractivity contribution < 1.29 is 0 Å². The third-order valence-electron chi connectivity index (χ3n) is 8.58. The predicted molar refractivity (Wildman–Crippen MR) is 128 cm³/mol. The molecule has 0 amide bonds. The van der Waals surface area contributed by atoms with E-state index in [0.29, 0.717) is 11.6 Å². The van der Waals surface area contributed by atoms with Crippen LogP contribution in [-0.4, -0.2) is 0 Å². The lowest BCUT2D eigenvalue weighted by atomic mass is 9.47. The van der Waals surface area contributed by atoms with Gasteiger partial charge in [0.2, 0.25) is 0 Å². The number of aryl methyl sites for hydroxylation is 1. The molecule has 0 aromatic heterocycles. The van der Waals surface area contributed by atoms with Crippen LogP contribution >= 0.6 is 0 Å². The number of rotatable bonds is 8. The van der Waals surface area contributed by atoms with Gasteiger partial charge in [-0.2, -0.15) is 0 Å². The maximum atomic E-state index is 6.21. The maximum absolute atomic E-state index is 6.21. The molecule has 3 rings (SSSR count). The van der Waals surface area contributed by atoms with E-state index in [1.165, 1.54) is 68.1 Å². The second-order valence-electron chi connectivity index (χ2n) is 10.7. The van der Waals surface area contributed by atoms with Gasteiger partial charge in [-0.1, -0.05) is 83.7 Å². The molecule has 0 saturated heterocycles. The molecule has 2 fully saturated rings. The molecule has 0 spiro atoms. The molecular weight excluding hydrogens is 350 g/mol. The highest BCUT2D eigenvalue weighted by atomic mass is 14.6. The number of unbranched alkanes of at least 4 members (excludes halogenated alkanes) is 1. The van der Waals surface area contributed by atoms with Crippen molar-refractivity contribution in [3.63, 3.8) is 0 Å². The van der Waals surface area contributed by atoms with Crippen LogP contribution < -0.4 is 5.73 Å². The first kappa shape index (κ1) is 22.2. The van der Waals surface area contributed by atoms with Gasteiger partial charge in [0.15, 0.2) is 0 Å². The second kappa shape index (κ2) is 8.32. The van der Waals surface area contributed by atoms with E-state index in [1.807, 2.05) is 0 Å². The lowest BCUT2D eigenvalue weighted by Crippen LogP contribution is -2.51. The van der Waals surface area contributed by atoms with E-state index in [2.05, 4.69) is 59.9 Å². The van der Waals surface area contributed by atoms with Crippen LogP contribution in [0.4, 0.5) is 0 Å². The molecular formula is C28H43N. The minimum atomic E-state index is 0.139. The molecule has 1 heteroatoms. The van der Waals surface area contributed by atoms with E-state index in [9.17, 15) is 0 Å². The Morgan fingerprint density at radius 3 is 2.48 bits per heavy atom. The van der Waals surface area contributed by atoms with Crippen LogP contribution in [0.3, 0.4) is 0 Å². The molecule has 29 heavy (non-hydrogen) atoms. The number of allylic oxidation sites excluding steroid dienone is 1. The van der Waals surface area contributed by atoms with Crippen molar-refractivity contribution in [1.29, 1.82) is 0 Å². The Morgan fingerprint density at radius 1 is 1.21 bits per heavy atom. The summed E-state index contributed by atoms with van der Waals surface area (Å²) < 4.78 is 0. The van der Waals surface area contributed by atoms with E-state index in [-0.39, 0.29) is 10.8 Å². The van der Waals surface area contributed by atoms with Gasteiger partial charge in [0, 0.05) is 11.1 Å². The minimum absolute atomic E-state index is 0.139. The average molecular weight is 394 g/mol. The van der Waals surface area contributed by atoms with Crippen LogP contribution in [0.1, 0.15) is 101 Å². The van der Waals surface area contributed by atoms with Crippen molar-refractivity contribution >= 4 is 5.70 Å². The molecule has 0 bridgehead atoms. The predicted octanol–water partition coefficient (Wildman–Crippen LogP) is 7.84. The van der Waals surface area contributed by atoms with Crippen LogP contribution in [0, 0.1) is 31.1 Å². The van der Waals surface area contributed by atoms with Gasteiger partial charge in [-0.05, 0) is 79.0 Å². The largest absolute Gasteiger partial charge is 0.399 e. The lowest BCUT2D eigenvalue weighted by molar-refractivity contribution is 0.0340.